The average Bonchev–Trinajstić information content (AvgIpc) is 3.16. The molecule has 4 rings (SSSR count). The zero-order valence-corrected chi connectivity index (χ0v) is 15.7. The van der Waals surface area contributed by atoms with Crippen molar-refractivity contribution in [2.45, 2.75) is 13.1 Å². The Labute approximate surface area is 163 Å². The first-order chi connectivity index (χ1) is 13.7. The molecule has 7 heteroatoms. The summed E-state index contributed by atoms with van der Waals surface area (Å²) in [5.74, 6) is 0.717. The summed E-state index contributed by atoms with van der Waals surface area (Å²) in [6.45, 7) is 5.12. The number of halogens is 1. The van der Waals surface area contributed by atoms with Crippen molar-refractivity contribution >= 4 is 5.82 Å². The number of benzene rings is 1. The molecule has 6 nitrogen and oxygen atoms in total. The van der Waals surface area contributed by atoms with Gasteiger partial charge >= 0.3 is 0 Å². The molecule has 0 atom stereocenters. The minimum absolute atomic E-state index is 0.0975. The summed E-state index contributed by atoms with van der Waals surface area (Å²) in [5.41, 5.74) is 3.16. The van der Waals surface area contributed by atoms with Crippen LogP contribution in [0.5, 0.6) is 0 Å². The molecular weight excluding hydrogens is 357 g/mol. The van der Waals surface area contributed by atoms with Crippen molar-refractivity contribution in [1.29, 1.82) is 0 Å². The number of aliphatic hydroxyl groups is 1. The molecule has 0 aliphatic carbocycles. The smallest absolute Gasteiger partial charge is 0.136 e. The summed E-state index contributed by atoms with van der Waals surface area (Å²) in [4.78, 5) is 9.31. The number of nitrogens with zero attached hydrogens (tertiary/aromatic N) is 5. The summed E-state index contributed by atoms with van der Waals surface area (Å²) < 4.78 is 15.0. The molecule has 3 heterocycles. The lowest BCUT2D eigenvalue weighted by atomic mass is 10.1. The molecule has 1 N–H and O–H groups in total. The van der Waals surface area contributed by atoms with E-state index in [4.69, 9.17) is 5.11 Å². The summed E-state index contributed by atoms with van der Waals surface area (Å²) in [6, 6.07) is 10.5. The van der Waals surface area contributed by atoms with E-state index in [1.807, 2.05) is 30.7 Å². The van der Waals surface area contributed by atoms with Crippen molar-refractivity contribution in [3.05, 3.63) is 66.4 Å². The molecule has 2 aromatic heterocycles. The molecule has 0 bridgehead atoms. The van der Waals surface area contributed by atoms with Crippen molar-refractivity contribution < 1.29 is 9.50 Å². The van der Waals surface area contributed by atoms with Crippen LogP contribution in [0.4, 0.5) is 10.2 Å². The van der Waals surface area contributed by atoms with Gasteiger partial charge in [-0.05, 0) is 29.8 Å². The fourth-order valence-corrected chi connectivity index (χ4v) is 3.59. The van der Waals surface area contributed by atoms with E-state index in [1.54, 1.807) is 16.8 Å². The normalized spacial score (nSPS) is 15.1. The van der Waals surface area contributed by atoms with E-state index in [1.165, 1.54) is 12.1 Å². The number of anilines is 1. The van der Waals surface area contributed by atoms with Gasteiger partial charge in [0.15, 0.2) is 0 Å². The van der Waals surface area contributed by atoms with Gasteiger partial charge in [-0.1, -0.05) is 12.1 Å². The molecule has 1 aliphatic rings. The molecular formula is C21H24FN5O. The summed E-state index contributed by atoms with van der Waals surface area (Å²) >= 11 is 0. The van der Waals surface area contributed by atoms with Gasteiger partial charge in [-0.25, -0.2) is 9.37 Å². The zero-order chi connectivity index (χ0) is 19.3. The van der Waals surface area contributed by atoms with Crippen LogP contribution < -0.4 is 4.90 Å². The third-order valence-corrected chi connectivity index (χ3v) is 5.04. The number of aliphatic hydroxyl groups excluding tert-OH is 1. The molecule has 3 aromatic rings. The monoisotopic (exact) mass is 381 g/mol. The molecule has 1 fully saturated rings. The third-order valence-electron chi connectivity index (χ3n) is 5.04. The molecule has 1 saturated heterocycles. The van der Waals surface area contributed by atoms with Gasteiger partial charge in [-0.3, -0.25) is 9.58 Å². The Morgan fingerprint density at radius 2 is 1.82 bits per heavy atom. The summed E-state index contributed by atoms with van der Waals surface area (Å²) in [6.07, 6.45) is 5.67. The second-order valence-corrected chi connectivity index (χ2v) is 6.98. The lowest BCUT2D eigenvalue weighted by Crippen LogP contribution is -2.46. The number of pyridine rings is 1. The molecule has 0 saturated carbocycles. The van der Waals surface area contributed by atoms with Crippen molar-refractivity contribution in [2.75, 3.05) is 37.7 Å². The standard InChI is InChI=1S/C21H24FN5O/c22-19-5-3-18(4-6-19)20-2-1-7-23-21(20)26-10-8-25(9-11-26)15-17-14-24-27(16-17)12-13-28/h1-7,14,16,28H,8-13,15H2. The van der Waals surface area contributed by atoms with Crippen LogP contribution in [-0.4, -0.2) is 57.6 Å². The topological polar surface area (TPSA) is 57.4 Å². The van der Waals surface area contributed by atoms with Crippen LogP contribution in [0.1, 0.15) is 5.56 Å². The van der Waals surface area contributed by atoms with Crippen LogP contribution in [0.2, 0.25) is 0 Å². The maximum Gasteiger partial charge on any atom is 0.136 e. The van der Waals surface area contributed by atoms with Crippen molar-refractivity contribution in [3.8, 4) is 11.1 Å². The number of hydrogen-bond acceptors (Lipinski definition) is 5. The minimum Gasteiger partial charge on any atom is -0.394 e. The van der Waals surface area contributed by atoms with Gasteiger partial charge < -0.3 is 10.0 Å². The van der Waals surface area contributed by atoms with E-state index >= 15 is 0 Å². The molecule has 0 radical (unpaired) electrons. The van der Waals surface area contributed by atoms with Gasteiger partial charge in [-0.15, -0.1) is 0 Å². The summed E-state index contributed by atoms with van der Waals surface area (Å²) in [5, 5.41) is 13.3. The second kappa shape index (κ2) is 8.50. The first-order valence-corrected chi connectivity index (χ1v) is 9.53. The molecule has 0 unspecified atom stereocenters. The quantitative estimate of drug-likeness (QED) is 0.711. The van der Waals surface area contributed by atoms with E-state index in [0.29, 0.717) is 6.54 Å². The predicted octanol–water partition coefficient (Wildman–Crippen LogP) is 2.40. The van der Waals surface area contributed by atoms with Gasteiger partial charge in [-0.2, -0.15) is 5.10 Å². The molecule has 0 amide bonds. The van der Waals surface area contributed by atoms with Crippen molar-refractivity contribution in [3.63, 3.8) is 0 Å². The second-order valence-electron chi connectivity index (χ2n) is 6.98. The van der Waals surface area contributed by atoms with Crippen LogP contribution in [0, 0.1) is 5.82 Å². The largest absolute Gasteiger partial charge is 0.394 e. The Morgan fingerprint density at radius 3 is 2.57 bits per heavy atom. The number of aromatic nitrogens is 3. The maximum absolute atomic E-state index is 13.3. The SMILES string of the molecule is OCCn1cc(CN2CCN(c3ncccc3-c3ccc(F)cc3)CC2)cn1. The van der Waals surface area contributed by atoms with E-state index in [0.717, 1.165) is 55.2 Å². The van der Waals surface area contributed by atoms with Crippen molar-refractivity contribution in [2.24, 2.45) is 0 Å². The van der Waals surface area contributed by atoms with Crippen LogP contribution in [-0.2, 0) is 13.1 Å². The Kier molecular flexibility index (Phi) is 5.64. The Balaban J connectivity index is 1.42. The highest BCUT2D eigenvalue weighted by Crippen LogP contribution is 2.29. The molecule has 1 aromatic carbocycles. The predicted molar refractivity (Wildman–Crippen MR) is 106 cm³/mol. The van der Waals surface area contributed by atoms with Gasteiger partial charge in [0.05, 0.1) is 19.3 Å². The maximum atomic E-state index is 13.3. The molecule has 0 spiro atoms. The first kappa shape index (κ1) is 18.6. The Bertz CT molecular complexity index is 903. The fraction of sp³-hybridized carbons (Fsp3) is 0.333. The highest BCUT2D eigenvalue weighted by Gasteiger charge is 2.21. The minimum atomic E-state index is -0.231. The Morgan fingerprint density at radius 1 is 1.04 bits per heavy atom. The Hall–Kier alpha value is -2.77. The molecule has 1 aliphatic heterocycles. The zero-order valence-electron chi connectivity index (χ0n) is 15.7. The van der Waals surface area contributed by atoms with Gasteiger partial charge in [0, 0.05) is 56.2 Å². The lowest BCUT2D eigenvalue weighted by molar-refractivity contribution is 0.249. The number of hydrogen-bond donors (Lipinski definition) is 1. The van der Waals surface area contributed by atoms with Crippen LogP contribution in [0.15, 0.2) is 55.0 Å². The van der Waals surface area contributed by atoms with Crippen LogP contribution >= 0.6 is 0 Å². The van der Waals surface area contributed by atoms with Gasteiger partial charge in [0.25, 0.3) is 0 Å². The van der Waals surface area contributed by atoms with Gasteiger partial charge in [0.1, 0.15) is 11.6 Å². The van der Waals surface area contributed by atoms with Crippen LogP contribution in [0.3, 0.4) is 0 Å². The average molecular weight is 381 g/mol. The van der Waals surface area contributed by atoms with Gasteiger partial charge in [0.2, 0.25) is 0 Å². The number of rotatable bonds is 6. The highest BCUT2D eigenvalue weighted by molar-refractivity contribution is 5.75. The van der Waals surface area contributed by atoms with E-state index < -0.39 is 0 Å². The fourth-order valence-electron chi connectivity index (χ4n) is 3.59. The van der Waals surface area contributed by atoms with Crippen molar-refractivity contribution in [1.82, 2.24) is 19.7 Å². The molecule has 146 valence electrons. The van der Waals surface area contributed by atoms with E-state index in [2.05, 4.69) is 19.9 Å². The summed E-state index contributed by atoms with van der Waals surface area (Å²) in [7, 11) is 0. The highest BCUT2D eigenvalue weighted by atomic mass is 19.1. The van der Waals surface area contributed by atoms with E-state index in [9.17, 15) is 4.39 Å². The lowest BCUT2D eigenvalue weighted by Gasteiger charge is -2.36. The van der Waals surface area contributed by atoms with E-state index in [-0.39, 0.29) is 12.4 Å². The van der Waals surface area contributed by atoms with Crippen LogP contribution in [0.25, 0.3) is 11.1 Å². The first-order valence-electron chi connectivity index (χ1n) is 9.53. The third kappa shape index (κ3) is 4.21. The molecule has 28 heavy (non-hydrogen) atoms. The number of piperazine rings is 1.